The smallest absolute Gasteiger partial charge is 0.276 e. The first-order valence-corrected chi connectivity index (χ1v) is 6.34. The summed E-state index contributed by atoms with van der Waals surface area (Å²) in [5, 5.41) is 6.54. The van der Waals surface area contributed by atoms with Crippen molar-refractivity contribution in [3.05, 3.63) is 11.4 Å². The predicted octanol–water partition coefficient (Wildman–Crippen LogP) is -0.00528. The maximum Gasteiger partial charge on any atom is 0.276 e. The van der Waals surface area contributed by atoms with E-state index in [-0.39, 0.29) is 24.1 Å². The second-order valence-corrected chi connectivity index (χ2v) is 4.86. The van der Waals surface area contributed by atoms with Crippen LogP contribution in [0.15, 0.2) is 0 Å². The molecule has 0 aromatic carbocycles. The maximum atomic E-state index is 12.1. The molecule has 0 atom stereocenters. The summed E-state index contributed by atoms with van der Waals surface area (Å²) in [6.07, 6.45) is 2.07. The Morgan fingerprint density at radius 3 is 2.58 bits per heavy atom. The topological polar surface area (TPSA) is 95.3 Å². The van der Waals surface area contributed by atoms with E-state index in [1.54, 1.807) is 18.9 Å². The van der Waals surface area contributed by atoms with Gasteiger partial charge in [-0.15, -0.1) is 0 Å². The van der Waals surface area contributed by atoms with Gasteiger partial charge < -0.3 is 15.5 Å². The van der Waals surface area contributed by atoms with Crippen LogP contribution in [0.3, 0.4) is 0 Å². The number of carbonyl (C=O) groups excluding carboxylic acids is 2. The minimum Gasteiger partial charge on any atom is -0.395 e. The van der Waals surface area contributed by atoms with Crippen LogP contribution in [0.1, 0.15) is 29.0 Å². The summed E-state index contributed by atoms with van der Waals surface area (Å²) in [4.78, 5) is 27.2. The highest BCUT2D eigenvalue weighted by Crippen LogP contribution is 2.14. The summed E-state index contributed by atoms with van der Waals surface area (Å²) in [6.45, 7) is 3.37. The number of aromatic amines is 1. The third kappa shape index (κ3) is 2.69. The minimum absolute atomic E-state index is 0.0285. The van der Waals surface area contributed by atoms with Crippen LogP contribution in [0.2, 0.25) is 0 Å². The number of hydrogen-bond acceptors (Lipinski definition) is 4. The first-order chi connectivity index (χ1) is 9.00. The molecule has 0 saturated carbocycles. The van der Waals surface area contributed by atoms with Crippen molar-refractivity contribution in [2.45, 2.75) is 19.8 Å². The second kappa shape index (κ2) is 5.29. The molecular weight excluding hydrogens is 246 g/mol. The number of nitrogens with one attached hydrogen (secondary N) is 1. The van der Waals surface area contributed by atoms with Crippen LogP contribution in [0.5, 0.6) is 0 Å². The van der Waals surface area contributed by atoms with E-state index in [1.165, 1.54) is 4.90 Å². The average Bonchev–Trinajstić information content (AvgIpc) is 3.00. The lowest BCUT2D eigenvalue weighted by Crippen LogP contribution is -2.40. The molecule has 2 rings (SSSR count). The monoisotopic (exact) mass is 265 g/mol. The zero-order valence-corrected chi connectivity index (χ0v) is 11.3. The highest BCUT2D eigenvalue weighted by molar-refractivity contribution is 5.99. The molecule has 7 heteroatoms. The van der Waals surface area contributed by atoms with Crippen molar-refractivity contribution < 1.29 is 9.59 Å². The summed E-state index contributed by atoms with van der Waals surface area (Å²) in [5.41, 5.74) is 6.93. The van der Waals surface area contributed by atoms with E-state index in [2.05, 4.69) is 10.2 Å². The Kier molecular flexibility index (Phi) is 3.73. The van der Waals surface area contributed by atoms with Gasteiger partial charge in [0.1, 0.15) is 0 Å². The number of hydrogen-bond donors (Lipinski definition) is 2. The molecule has 0 spiro atoms. The fourth-order valence-corrected chi connectivity index (χ4v) is 2.12. The first-order valence-electron chi connectivity index (χ1n) is 6.34. The number of carbonyl (C=O) groups is 2. The Hall–Kier alpha value is -2.05. The molecule has 1 aromatic heterocycles. The van der Waals surface area contributed by atoms with Gasteiger partial charge in [0, 0.05) is 20.1 Å². The van der Waals surface area contributed by atoms with Crippen LogP contribution >= 0.6 is 0 Å². The summed E-state index contributed by atoms with van der Waals surface area (Å²) < 4.78 is 0. The third-order valence-electron chi connectivity index (χ3n) is 3.38. The van der Waals surface area contributed by atoms with Crippen LogP contribution in [-0.2, 0) is 4.79 Å². The molecule has 0 unspecified atom stereocenters. The van der Waals surface area contributed by atoms with Gasteiger partial charge in [-0.2, -0.15) is 5.10 Å². The second-order valence-electron chi connectivity index (χ2n) is 4.86. The number of likely N-dealkylation sites (tertiary alicyclic amines) is 1. The van der Waals surface area contributed by atoms with Gasteiger partial charge in [0.05, 0.1) is 17.9 Å². The highest BCUT2D eigenvalue weighted by atomic mass is 16.2. The van der Waals surface area contributed by atoms with E-state index in [0.29, 0.717) is 11.4 Å². The van der Waals surface area contributed by atoms with Crippen molar-refractivity contribution in [3.8, 4) is 0 Å². The Morgan fingerprint density at radius 1 is 1.42 bits per heavy atom. The molecule has 1 aromatic rings. The molecule has 1 fully saturated rings. The van der Waals surface area contributed by atoms with Gasteiger partial charge in [-0.1, -0.05) is 0 Å². The molecule has 1 saturated heterocycles. The van der Waals surface area contributed by atoms with Crippen LogP contribution in [-0.4, -0.2) is 58.5 Å². The van der Waals surface area contributed by atoms with Gasteiger partial charge in [0.25, 0.3) is 5.91 Å². The maximum absolute atomic E-state index is 12.1. The normalized spacial score (nSPS) is 14.7. The molecule has 0 radical (unpaired) electrons. The Labute approximate surface area is 111 Å². The molecule has 2 amide bonds. The standard InChI is InChI=1S/C12H19N5O2/c1-8-10(13)11(15-14-8)12(19)16(2)7-9(18)17-5-3-4-6-17/h3-7,13H2,1-2H3,(H,14,15). The molecule has 1 aliphatic heterocycles. The quantitative estimate of drug-likeness (QED) is 0.803. The molecule has 104 valence electrons. The van der Waals surface area contributed by atoms with Gasteiger partial charge in [-0.3, -0.25) is 14.7 Å². The largest absolute Gasteiger partial charge is 0.395 e. The van der Waals surface area contributed by atoms with Crippen molar-refractivity contribution in [2.75, 3.05) is 32.4 Å². The van der Waals surface area contributed by atoms with Crippen molar-refractivity contribution >= 4 is 17.5 Å². The number of nitrogen functional groups attached to an aromatic ring is 1. The number of H-pyrrole nitrogens is 1. The van der Waals surface area contributed by atoms with Crippen LogP contribution < -0.4 is 5.73 Å². The summed E-state index contributed by atoms with van der Waals surface area (Å²) >= 11 is 0. The van der Waals surface area contributed by atoms with Crippen molar-refractivity contribution in [1.82, 2.24) is 20.0 Å². The number of amides is 2. The van der Waals surface area contributed by atoms with Crippen molar-refractivity contribution in [1.29, 1.82) is 0 Å². The number of aromatic nitrogens is 2. The zero-order chi connectivity index (χ0) is 14.0. The van der Waals surface area contributed by atoms with Crippen LogP contribution in [0.25, 0.3) is 0 Å². The lowest BCUT2D eigenvalue weighted by molar-refractivity contribution is -0.130. The van der Waals surface area contributed by atoms with Gasteiger partial charge in [-0.05, 0) is 19.8 Å². The summed E-state index contributed by atoms with van der Waals surface area (Å²) in [5.74, 6) is -0.367. The predicted molar refractivity (Wildman–Crippen MR) is 70.5 cm³/mol. The van der Waals surface area contributed by atoms with E-state index < -0.39 is 0 Å². The van der Waals surface area contributed by atoms with Gasteiger partial charge >= 0.3 is 0 Å². The van der Waals surface area contributed by atoms with Crippen LogP contribution in [0.4, 0.5) is 5.69 Å². The van der Waals surface area contributed by atoms with E-state index >= 15 is 0 Å². The van der Waals surface area contributed by atoms with E-state index in [1.807, 2.05) is 0 Å². The molecule has 19 heavy (non-hydrogen) atoms. The number of likely N-dealkylation sites (N-methyl/N-ethyl adjacent to an activating group) is 1. The minimum atomic E-state index is -0.339. The molecule has 7 nitrogen and oxygen atoms in total. The fourth-order valence-electron chi connectivity index (χ4n) is 2.12. The van der Waals surface area contributed by atoms with Gasteiger partial charge in [0.2, 0.25) is 5.91 Å². The average molecular weight is 265 g/mol. The molecule has 2 heterocycles. The Morgan fingerprint density at radius 2 is 2.05 bits per heavy atom. The number of nitrogens with two attached hydrogens (primary N) is 1. The van der Waals surface area contributed by atoms with Crippen LogP contribution in [0, 0.1) is 6.92 Å². The Bertz CT molecular complexity index is 490. The van der Waals surface area contributed by atoms with Crippen molar-refractivity contribution in [3.63, 3.8) is 0 Å². The first kappa shape index (κ1) is 13.4. The summed E-state index contributed by atoms with van der Waals surface area (Å²) in [7, 11) is 1.58. The lowest BCUT2D eigenvalue weighted by Gasteiger charge is -2.20. The summed E-state index contributed by atoms with van der Waals surface area (Å²) in [6, 6.07) is 0. The molecule has 1 aliphatic rings. The lowest BCUT2D eigenvalue weighted by atomic mass is 10.3. The Balaban J connectivity index is 1.99. The van der Waals surface area contributed by atoms with E-state index in [4.69, 9.17) is 5.73 Å². The number of rotatable bonds is 3. The van der Waals surface area contributed by atoms with Crippen molar-refractivity contribution in [2.24, 2.45) is 0 Å². The third-order valence-corrected chi connectivity index (χ3v) is 3.38. The number of anilines is 1. The molecular formula is C12H19N5O2. The molecule has 0 bridgehead atoms. The SMILES string of the molecule is Cc1[nH]nc(C(=O)N(C)CC(=O)N2CCCC2)c1N. The highest BCUT2D eigenvalue weighted by Gasteiger charge is 2.24. The van der Waals surface area contributed by atoms with E-state index in [0.717, 1.165) is 25.9 Å². The van der Waals surface area contributed by atoms with Gasteiger partial charge in [0.15, 0.2) is 5.69 Å². The van der Waals surface area contributed by atoms with E-state index in [9.17, 15) is 9.59 Å². The number of aryl methyl sites for hydroxylation is 1. The van der Waals surface area contributed by atoms with Gasteiger partial charge in [-0.25, -0.2) is 0 Å². The molecule has 0 aliphatic carbocycles. The zero-order valence-electron chi connectivity index (χ0n) is 11.3. The molecule has 3 N–H and O–H groups in total. The fraction of sp³-hybridized carbons (Fsp3) is 0.583. The number of nitrogens with zero attached hydrogens (tertiary/aromatic N) is 3.